The van der Waals surface area contributed by atoms with E-state index in [-0.39, 0.29) is 17.9 Å². The summed E-state index contributed by atoms with van der Waals surface area (Å²) in [5, 5.41) is 4.02. The lowest BCUT2D eigenvalue weighted by molar-refractivity contribution is 0.549. The van der Waals surface area contributed by atoms with E-state index in [0.29, 0.717) is 5.11 Å². The van der Waals surface area contributed by atoms with E-state index in [1.54, 1.807) is 18.3 Å². The summed E-state index contributed by atoms with van der Waals surface area (Å²) in [6.07, 6.45) is 3.82. The van der Waals surface area contributed by atoms with Crippen LogP contribution in [0.4, 0.5) is 10.1 Å². The zero-order valence-corrected chi connectivity index (χ0v) is 18.7. The first kappa shape index (κ1) is 19.9. The van der Waals surface area contributed by atoms with Gasteiger partial charge in [0.1, 0.15) is 11.9 Å². The Hall–Kier alpha value is -3.03. The Morgan fingerprint density at radius 2 is 1.77 bits per heavy atom. The van der Waals surface area contributed by atoms with Crippen molar-refractivity contribution >= 4 is 38.9 Å². The molecule has 31 heavy (non-hydrogen) atoms. The van der Waals surface area contributed by atoms with E-state index < -0.39 is 0 Å². The van der Waals surface area contributed by atoms with Crippen LogP contribution < -0.4 is 10.2 Å². The molecule has 0 aliphatic carbocycles. The van der Waals surface area contributed by atoms with Crippen LogP contribution in [0.25, 0.3) is 5.69 Å². The lowest BCUT2D eigenvalue weighted by Gasteiger charge is -2.29. The summed E-state index contributed by atoms with van der Waals surface area (Å²) in [6, 6.07) is 24.2. The number of thiocarbonyl (C=S) groups is 1. The number of halogens is 2. The third kappa shape index (κ3) is 3.75. The molecule has 2 aromatic carbocycles. The maximum Gasteiger partial charge on any atom is 0.174 e. The summed E-state index contributed by atoms with van der Waals surface area (Å²) in [5.74, 6) is -0.280. The average Bonchev–Trinajstić information content (AvgIpc) is 3.39. The lowest BCUT2D eigenvalue weighted by atomic mass is 10.0. The number of pyridine rings is 1. The third-order valence-corrected chi connectivity index (χ3v) is 6.18. The number of rotatable bonds is 4. The van der Waals surface area contributed by atoms with Crippen molar-refractivity contribution in [3.05, 3.63) is 113 Å². The van der Waals surface area contributed by atoms with Crippen LogP contribution in [0.5, 0.6) is 0 Å². The Morgan fingerprint density at radius 3 is 2.52 bits per heavy atom. The number of benzene rings is 2. The Bertz CT molecular complexity index is 1230. The van der Waals surface area contributed by atoms with Crippen LogP contribution in [-0.2, 0) is 0 Å². The molecule has 4 aromatic rings. The molecular weight excluding hydrogens is 475 g/mol. The minimum Gasteiger partial charge on any atom is -0.351 e. The number of hydrogen-bond acceptors (Lipinski definition) is 2. The fourth-order valence-corrected chi connectivity index (χ4v) is 4.76. The van der Waals surface area contributed by atoms with E-state index in [2.05, 4.69) is 49.0 Å². The predicted molar refractivity (Wildman–Crippen MR) is 128 cm³/mol. The van der Waals surface area contributed by atoms with E-state index in [1.807, 2.05) is 47.5 Å². The van der Waals surface area contributed by atoms with Gasteiger partial charge in [-0.1, -0.05) is 28.1 Å². The minimum atomic E-state index is -0.280. The number of nitrogens with zero attached hydrogens (tertiary/aromatic N) is 3. The summed E-state index contributed by atoms with van der Waals surface area (Å²) in [6.45, 7) is 0. The molecule has 0 bridgehead atoms. The molecule has 0 radical (unpaired) electrons. The Labute approximate surface area is 193 Å². The molecule has 154 valence electrons. The van der Waals surface area contributed by atoms with Crippen LogP contribution in [0.1, 0.15) is 23.5 Å². The molecule has 0 amide bonds. The van der Waals surface area contributed by atoms with Gasteiger partial charge in [0, 0.05) is 33.9 Å². The highest BCUT2D eigenvalue weighted by Gasteiger charge is 2.42. The van der Waals surface area contributed by atoms with E-state index >= 15 is 0 Å². The topological polar surface area (TPSA) is 33.1 Å². The average molecular weight is 493 g/mol. The Morgan fingerprint density at radius 1 is 0.935 bits per heavy atom. The SMILES string of the molecule is Fc1ccc(N2C(=S)N[C@H](c3ccccn3)[C@@H]2c2cccn2-c2cccc(Br)c2)cc1. The second-order valence-corrected chi connectivity index (χ2v) is 8.56. The van der Waals surface area contributed by atoms with Crippen molar-refractivity contribution in [2.45, 2.75) is 12.1 Å². The third-order valence-electron chi connectivity index (χ3n) is 5.37. The summed E-state index contributed by atoms with van der Waals surface area (Å²) >= 11 is 9.31. The molecule has 1 fully saturated rings. The summed E-state index contributed by atoms with van der Waals surface area (Å²) in [7, 11) is 0. The number of nitrogens with one attached hydrogen (secondary N) is 1. The van der Waals surface area contributed by atoms with Gasteiger partial charge in [0.25, 0.3) is 0 Å². The van der Waals surface area contributed by atoms with Gasteiger partial charge in [-0.3, -0.25) is 4.98 Å². The first-order valence-electron chi connectivity index (χ1n) is 9.81. The second-order valence-electron chi connectivity index (χ2n) is 7.26. The Balaban J connectivity index is 1.67. The van der Waals surface area contributed by atoms with Gasteiger partial charge in [0.05, 0.1) is 11.7 Å². The van der Waals surface area contributed by atoms with Crippen molar-refractivity contribution in [2.24, 2.45) is 0 Å². The summed E-state index contributed by atoms with van der Waals surface area (Å²) in [5.41, 5.74) is 3.79. The molecule has 4 nitrogen and oxygen atoms in total. The highest BCUT2D eigenvalue weighted by atomic mass is 79.9. The van der Waals surface area contributed by atoms with E-state index in [1.165, 1.54) is 12.1 Å². The summed E-state index contributed by atoms with van der Waals surface area (Å²) in [4.78, 5) is 6.63. The van der Waals surface area contributed by atoms with Gasteiger partial charge in [-0.25, -0.2) is 4.39 Å². The first-order valence-corrected chi connectivity index (χ1v) is 11.0. The highest BCUT2D eigenvalue weighted by molar-refractivity contribution is 9.10. The van der Waals surface area contributed by atoms with Crippen LogP contribution in [-0.4, -0.2) is 14.7 Å². The van der Waals surface area contributed by atoms with Crippen molar-refractivity contribution in [2.75, 3.05) is 4.90 Å². The van der Waals surface area contributed by atoms with Crippen molar-refractivity contribution < 1.29 is 4.39 Å². The highest BCUT2D eigenvalue weighted by Crippen LogP contribution is 2.42. The van der Waals surface area contributed by atoms with Crippen molar-refractivity contribution in [1.29, 1.82) is 0 Å². The van der Waals surface area contributed by atoms with Crippen LogP contribution in [0, 0.1) is 5.82 Å². The normalized spacial score (nSPS) is 18.3. The Kier molecular flexibility index (Phi) is 5.29. The van der Waals surface area contributed by atoms with Crippen LogP contribution in [0.3, 0.4) is 0 Å². The largest absolute Gasteiger partial charge is 0.351 e. The number of aromatic nitrogens is 2. The molecular formula is C24H18BrFN4S. The van der Waals surface area contributed by atoms with Gasteiger partial charge in [0.15, 0.2) is 5.11 Å². The zero-order chi connectivity index (χ0) is 21.4. The van der Waals surface area contributed by atoms with Crippen LogP contribution >= 0.6 is 28.1 Å². The van der Waals surface area contributed by atoms with Crippen molar-refractivity contribution in [3.63, 3.8) is 0 Å². The molecule has 0 spiro atoms. The van der Waals surface area contributed by atoms with E-state index in [4.69, 9.17) is 12.2 Å². The first-order chi connectivity index (χ1) is 15.1. The van der Waals surface area contributed by atoms with Gasteiger partial charge in [0.2, 0.25) is 0 Å². The fraction of sp³-hybridized carbons (Fsp3) is 0.0833. The summed E-state index contributed by atoms with van der Waals surface area (Å²) < 4.78 is 16.8. The number of hydrogen-bond donors (Lipinski definition) is 1. The zero-order valence-electron chi connectivity index (χ0n) is 16.3. The van der Waals surface area contributed by atoms with Crippen LogP contribution in [0.15, 0.2) is 95.7 Å². The molecule has 0 saturated carbocycles. The molecule has 2 aromatic heterocycles. The maximum absolute atomic E-state index is 13.6. The molecule has 1 aliphatic rings. The van der Waals surface area contributed by atoms with Crippen molar-refractivity contribution in [3.8, 4) is 5.69 Å². The minimum absolute atomic E-state index is 0.167. The lowest BCUT2D eigenvalue weighted by Crippen LogP contribution is -2.30. The molecule has 1 aliphatic heterocycles. The van der Waals surface area contributed by atoms with Crippen LogP contribution in [0.2, 0.25) is 0 Å². The molecule has 5 rings (SSSR count). The van der Waals surface area contributed by atoms with Gasteiger partial charge in [-0.2, -0.15) is 0 Å². The standard InChI is InChI=1S/C24H18BrFN4S/c25-16-5-3-6-19(15-16)29-14-4-8-21(29)23-22(20-7-1-2-13-27-20)28-24(31)30(23)18-11-9-17(26)10-12-18/h1-15,22-23H,(H,28,31)/t22-,23+/m1/s1. The van der Waals surface area contributed by atoms with Gasteiger partial charge in [-0.05, 0) is 78.9 Å². The van der Waals surface area contributed by atoms with Gasteiger partial charge >= 0.3 is 0 Å². The monoisotopic (exact) mass is 492 g/mol. The molecule has 2 atom stereocenters. The van der Waals surface area contributed by atoms with E-state index in [0.717, 1.165) is 27.2 Å². The predicted octanol–water partition coefficient (Wildman–Crippen LogP) is 5.95. The molecule has 1 saturated heterocycles. The smallest absolute Gasteiger partial charge is 0.174 e. The second kappa shape index (κ2) is 8.24. The maximum atomic E-state index is 13.6. The fourth-order valence-electron chi connectivity index (χ4n) is 4.03. The van der Waals surface area contributed by atoms with Gasteiger partial charge in [-0.15, -0.1) is 0 Å². The molecule has 0 unspecified atom stereocenters. The molecule has 3 heterocycles. The van der Waals surface area contributed by atoms with Crippen molar-refractivity contribution in [1.82, 2.24) is 14.9 Å². The quantitative estimate of drug-likeness (QED) is 0.356. The molecule has 1 N–H and O–H groups in total. The number of anilines is 1. The van der Waals surface area contributed by atoms with Gasteiger partial charge < -0.3 is 14.8 Å². The van der Waals surface area contributed by atoms with E-state index in [9.17, 15) is 4.39 Å². The molecule has 7 heteroatoms.